The minimum atomic E-state index is -0.570. The molecule has 3 nitrogen and oxygen atoms in total. The molecule has 88 valence electrons. The van der Waals surface area contributed by atoms with Crippen molar-refractivity contribution in [3.05, 3.63) is 24.3 Å². The molecule has 1 saturated heterocycles. The Hall–Kier alpha value is -1.16. The van der Waals surface area contributed by atoms with Crippen LogP contribution in [0, 0.1) is 5.95 Å². The van der Waals surface area contributed by atoms with Crippen LogP contribution in [0.3, 0.4) is 0 Å². The third-order valence-corrected chi connectivity index (χ3v) is 2.70. The predicted octanol–water partition coefficient (Wildman–Crippen LogP) is 2.56. The van der Waals surface area contributed by atoms with E-state index in [1.54, 1.807) is 12.1 Å². The number of hydrogen-bond donors (Lipinski definition) is 0. The molecule has 0 aliphatic carbocycles. The van der Waals surface area contributed by atoms with Gasteiger partial charge < -0.3 is 9.47 Å². The first-order valence-corrected chi connectivity index (χ1v) is 5.48. The summed E-state index contributed by atoms with van der Waals surface area (Å²) in [6, 6.07) is 3.22. The molecule has 1 atom stereocenters. The Labute approximate surface area is 94.6 Å². The molecule has 4 heteroatoms. The van der Waals surface area contributed by atoms with Gasteiger partial charge in [-0.2, -0.15) is 4.39 Å². The second kappa shape index (κ2) is 4.37. The summed E-state index contributed by atoms with van der Waals surface area (Å²) in [7, 11) is 0. The molecule has 0 aromatic carbocycles. The van der Waals surface area contributed by atoms with Crippen LogP contribution in [0.15, 0.2) is 18.3 Å². The van der Waals surface area contributed by atoms with Gasteiger partial charge in [-0.3, -0.25) is 0 Å². The average molecular weight is 225 g/mol. The van der Waals surface area contributed by atoms with Gasteiger partial charge in [0.1, 0.15) is 6.61 Å². The Bertz CT molecular complexity index is 368. The summed E-state index contributed by atoms with van der Waals surface area (Å²) in [6.07, 6.45) is 3.41. The van der Waals surface area contributed by atoms with Gasteiger partial charge in [-0.15, -0.1) is 0 Å². The van der Waals surface area contributed by atoms with Crippen LogP contribution in [0.5, 0.6) is 5.75 Å². The highest BCUT2D eigenvalue weighted by atomic mass is 19.1. The lowest BCUT2D eigenvalue weighted by molar-refractivity contribution is -0.0331. The van der Waals surface area contributed by atoms with Crippen molar-refractivity contribution < 1.29 is 13.9 Å². The minimum Gasteiger partial charge on any atom is -0.486 e. The minimum absolute atomic E-state index is 0.0506. The Balaban J connectivity index is 1.87. The smallest absolute Gasteiger partial charge is 0.255 e. The lowest BCUT2D eigenvalue weighted by Gasteiger charge is -2.19. The van der Waals surface area contributed by atoms with Crippen molar-refractivity contribution >= 4 is 0 Å². The van der Waals surface area contributed by atoms with Gasteiger partial charge in [-0.1, -0.05) is 0 Å². The van der Waals surface area contributed by atoms with Crippen LogP contribution in [0.1, 0.15) is 26.7 Å². The second-order valence-electron chi connectivity index (χ2n) is 4.64. The van der Waals surface area contributed by atoms with Crippen LogP contribution in [0.2, 0.25) is 0 Å². The lowest BCUT2D eigenvalue weighted by Crippen LogP contribution is -2.24. The van der Waals surface area contributed by atoms with E-state index in [2.05, 4.69) is 18.8 Å². The van der Waals surface area contributed by atoms with Gasteiger partial charge in [0.05, 0.1) is 11.7 Å². The van der Waals surface area contributed by atoms with E-state index in [1.165, 1.54) is 6.20 Å². The molecule has 1 aliphatic rings. The van der Waals surface area contributed by atoms with Gasteiger partial charge in [-0.25, -0.2) is 4.98 Å². The molecule has 1 aromatic rings. The number of rotatable bonds is 3. The molecular weight excluding hydrogens is 209 g/mol. The van der Waals surface area contributed by atoms with Gasteiger partial charge in [-0.05, 0) is 38.8 Å². The maximum atomic E-state index is 13.1. The van der Waals surface area contributed by atoms with Crippen LogP contribution in [0.4, 0.5) is 4.39 Å². The summed E-state index contributed by atoms with van der Waals surface area (Å²) >= 11 is 0. The third kappa shape index (κ3) is 2.70. The fourth-order valence-corrected chi connectivity index (χ4v) is 1.86. The molecule has 0 saturated carbocycles. The van der Waals surface area contributed by atoms with E-state index in [0.717, 1.165) is 12.8 Å². The Kier molecular flexibility index (Phi) is 3.10. The Morgan fingerprint density at radius 2 is 2.44 bits per heavy atom. The first-order valence-electron chi connectivity index (χ1n) is 5.48. The van der Waals surface area contributed by atoms with Crippen molar-refractivity contribution in [1.29, 1.82) is 0 Å². The quantitative estimate of drug-likeness (QED) is 0.741. The molecule has 1 aromatic heterocycles. The van der Waals surface area contributed by atoms with Gasteiger partial charge in [0.2, 0.25) is 0 Å². The second-order valence-corrected chi connectivity index (χ2v) is 4.64. The van der Waals surface area contributed by atoms with E-state index < -0.39 is 5.95 Å². The third-order valence-electron chi connectivity index (χ3n) is 2.70. The summed E-state index contributed by atoms with van der Waals surface area (Å²) in [5, 5.41) is 0. The summed E-state index contributed by atoms with van der Waals surface area (Å²) in [4.78, 5) is 3.52. The molecule has 0 bridgehead atoms. The van der Waals surface area contributed by atoms with Crippen molar-refractivity contribution in [3.8, 4) is 5.75 Å². The zero-order valence-electron chi connectivity index (χ0n) is 9.57. The summed E-state index contributed by atoms with van der Waals surface area (Å²) in [6.45, 7) is 4.49. The highest BCUT2D eigenvalue weighted by Gasteiger charge is 2.32. The van der Waals surface area contributed by atoms with Crippen molar-refractivity contribution in [2.24, 2.45) is 0 Å². The van der Waals surface area contributed by atoms with Crippen molar-refractivity contribution in [2.75, 3.05) is 6.61 Å². The summed E-state index contributed by atoms with van der Waals surface area (Å²) in [5.74, 6) is -0.379. The largest absolute Gasteiger partial charge is 0.486 e. The molecule has 2 rings (SSSR count). The van der Waals surface area contributed by atoms with Crippen LogP contribution >= 0.6 is 0 Å². The fraction of sp³-hybridized carbons (Fsp3) is 0.583. The molecule has 1 unspecified atom stereocenters. The fourth-order valence-electron chi connectivity index (χ4n) is 1.86. The molecular formula is C12H16FNO2. The van der Waals surface area contributed by atoms with E-state index in [9.17, 15) is 4.39 Å². The van der Waals surface area contributed by atoms with Crippen molar-refractivity contribution in [2.45, 2.75) is 38.4 Å². The average Bonchev–Trinajstić information content (AvgIpc) is 2.57. The first-order chi connectivity index (χ1) is 7.57. The van der Waals surface area contributed by atoms with E-state index in [4.69, 9.17) is 9.47 Å². The van der Waals surface area contributed by atoms with Crippen LogP contribution in [0.25, 0.3) is 0 Å². The molecule has 1 fully saturated rings. The topological polar surface area (TPSA) is 31.4 Å². The van der Waals surface area contributed by atoms with Crippen LogP contribution in [-0.2, 0) is 4.74 Å². The lowest BCUT2D eigenvalue weighted by atomic mass is 10.1. The van der Waals surface area contributed by atoms with E-state index in [1.807, 2.05) is 0 Å². The maximum Gasteiger partial charge on any atom is 0.255 e. The van der Waals surface area contributed by atoms with Crippen LogP contribution in [-0.4, -0.2) is 23.3 Å². The van der Waals surface area contributed by atoms with Gasteiger partial charge in [0.25, 0.3) is 5.95 Å². The molecule has 0 amide bonds. The van der Waals surface area contributed by atoms with Gasteiger partial charge >= 0.3 is 0 Å². The Morgan fingerprint density at radius 3 is 3.06 bits per heavy atom. The SMILES string of the molecule is CC1(C)CCC(COc2cccnc2F)O1. The number of aromatic nitrogens is 1. The van der Waals surface area contributed by atoms with Crippen molar-refractivity contribution in [1.82, 2.24) is 4.98 Å². The normalized spacial score (nSPS) is 23.3. The number of halogens is 1. The molecule has 0 radical (unpaired) electrons. The monoisotopic (exact) mass is 225 g/mol. The number of nitrogens with zero attached hydrogens (tertiary/aromatic N) is 1. The highest BCUT2D eigenvalue weighted by Crippen LogP contribution is 2.29. The van der Waals surface area contributed by atoms with E-state index >= 15 is 0 Å². The van der Waals surface area contributed by atoms with Gasteiger partial charge in [0.15, 0.2) is 5.75 Å². The van der Waals surface area contributed by atoms with E-state index in [0.29, 0.717) is 6.61 Å². The number of hydrogen-bond acceptors (Lipinski definition) is 3. The molecule has 0 spiro atoms. The molecule has 0 N–H and O–H groups in total. The highest BCUT2D eigenvalue weighted by molar-refractivity contribution is 5.17. The zero-order chi connectivity index (χ0) is 11.6. The number of pyridine rings is 1. The summed E-state index contributed by atoms with van der Waals surface area (Å²) < 4.78 is 24.2. The number of ether oxygens (including phenoxy) is 2. The predicted molar refractivity (Wildman–Crippen MR) is 57.9 cm³/mol. The van der Waals surface area contributed by atoms with Crippen molar-refractivity contribution in [3.63, 3.8) is 0 Å². The summed E-state index contributed by atoms with van der Waals surface area (Å²) in [5.41, 5.74) is -0.0818. The van der Waals surface area contributed by atoms with E-state index in [-0.39, 0.29) is 17.5 Å². The van der Waals surface area contributed by atoms with Crippen LogP contribution < -0.4 is 4.74 Å². The Morgan fingerprint density at radius 1 is 1.62 bits per heavy atom. The molecule has 2 heterocycles. The molecule has 1 aliphatic heterocycles. The standard InChI is InChI=1S/C12H16FNO2/c1-12(2)6-5-9(16-12)8-15-10-4-3-7-14-11(10)13/h3-4,7,9H,5-6,8H2,1-2H3. The van der Waals surface area contributed by atoms with Gasteiger partial charge in [0, 0.05) is 6.20 Å². The first kappa shape index (κ1) is 11.3. The molecule has 16 heavy (non-hydrogen) atoms. The maximum absolute atomic E-state index is 13.1. The zero-order valence-corrected chi connectivity index (χ0v) is 9.57.